The first-order chi connectivity index (χ1) is 9.20. The van der Waals surface area contributed by atoms with Gasteiger partial charge in [-0.05, 0) is 37.5 Å². The van der Waals surface area contributed by atoms with Crippen LogP contribution >= 0.6 is 15.9 Å². The van der Waals surface area contributed by atoms with Crippen LogP contribution in [0.5, 0.6) is 0 Å². The first kappa shape index (κ1) is 13.8. The van der Waals surface area contributed by atoms with Crippen LogP contribution in [0.1, 0.15) is 28.1 Å². The maximum Gasteiger partial charge on any atom is 0.260 e. The lowest BCUT2D eigenvalue weighted by molar-refractivity contribution is 0.102. The van der Waals surface area contributed by atoms with E-state index >= 15 is 0 Å². The lowest BCUT2D eigenvalue weighted by atomic mass is 10.1. The number of benzene rings is 1. The molecule has 0 aliphatic carbocycles. The molecule has 0 spiro atoms. The Balaban J connectivity index is 2.07. The minimum Gasteiger partial charge on any atom is -0.361 e. The van der Waals surface area contributed by atoms with E-state index in [0.29, 0.717) is 11.3 Å². The van der Waals surface area contributed by atoms with Crippen LogP contribution in [-0.2, 0) is 6.42 Å². The summed E-state index contributed by atoms with van der Waals surface area (Å²) in [6.45, 7) is 1.72. The van der Waals surface area contributed by atoms with E-state index in [1.807, 2.05) is 18.2 Å². The normalized spacial score (nSPS) is 10.4. The maximum absolute atomic E-state index is 12.0. The van der Waals surface area contributed by atoms with E-state index in [1.165, 1.54) is 11.8 Å². The van der Waals surface area contributed by atoms with Gasteiger partial charge in [-0.2, -0.15) is 0 Å². The van der Waals surface area contributed by atoms with Crippen LogP contribution in [0.3, 0.4) is 0 Å². The maximum atomic E-state index is 12.0. The van der Waals surface area contributed by atoms with E-state index in [-0.39, 0.29) is 5.91 Å². The van der Waals surface area contributed by atoms with Gasteiger partial charge in [0.25, 0.3) is 5.91 Å². The van der Waals surface area contributed by atoms with Crippen molar-refractivity contribution in [2.75, 3.05) is 10.6 Å². The fourth-order valence-corrected chi connectivity index (χ4v) is 2.07. The Labute approximate surface area is 120 Å². The van der Waals surface area contributed by atoms with Crippen molar-refractivity contribution in [2.24, 2.45) is 0 Å². The third-order valence-electron chi connectivity index (χ3n) is 2.78. The van der Waals surface area contributed by atoms with Crippen LogP contribution in [0.15, 0.2) is 35.0 Å². The molecule has 0 bridgehead atoms. The number of carbonyl (C=O) groups excluding carboxylic acids is 1. The van der Waals surface area contributed by atoms with E-state index in [4.69, 9.17) is 4.52 Å². The van der Waals surface area contributed by atoms with Crippen molar-refractivity contribution >= 4 is 27.5 Å². The topological polar surface area (TPSA) is 55.1 Å². The van der Waals surface area contributed by atoms with Crippen LogP contribution in [0.2, 0.25) is 0 Å². The Morgan fingerprint density at radius 3 is 3.00 bits per heavy atom. The van der Waals surface area contributed by atoms with Gasteiger partial charge in [-0.3, -0.25) is 4.79 Å². The highest BCUT2D eigenvalue weighted by Gasteiger charge is 2.12. The fourth-order valence-electron chi connectivity index (χ4n) is 1.79. The number of nitrogens with zero attached hydrogens (tertiary/aromatic N) is 1. The van der Waals surface area contributed by atoms with Gasteiger partial charge in [0, 0.05) is 11.0 Å². The zero-order valence-electron chi connectivity index (χ0n) is 10.6. The summed E-state index contributed by atoms with van der Waals surface area (Å²) in [5, 5.41) is 7.43. The number of halogens is 1. The molecule has 2 aromatic rings. The molecule has 1 heterocycles. The standard InChI is InChI=1S/C14H15BrN2O2/c1-10-13(9-16-19-10)14(18)17-12-6-2-4-11(8-12)5-3-7-15/h2,4,6,8-9H,3,5,7H2,1H3,(H,17,18). The highest BCUT2D eigenvalue weighted by molar-refractivity contribution is 9.09. The van der Waals surface area contributed by atoms with Gasteiger partial charge in [-0.15, -0.1) is 0 Å². The summed E-state index contributed by atoms with van der Waals surface area (Å²) < 4.78 is 4.88. The van der Waals surface area contributed by atoms with Crippen molar-refractivity contribution in [3.8, 4) is 0 Å². The second-order valence-corrected chi connectivity index (χ2v) is 5.04. The van der Waals surface area contributed by atoms with Crippen molar-refractivity contribution in [3.63, 3.8) is 0 Å². The van der Waals surface area contributed by atoms with Crippen molar-refractivity contribution < 1.29 is 9.32 Å². The SMILES string of the molecule is Cc1oncc1C(=O)Nc1cccc(CCCBr)c1. The van der Waals surface area contributed by atoms with Crippen molar-refractivity contribution in [3.05, 3.63) is 47.3 Å². The van der Waals surface area contributed by atoms with Gasteiger partial charge >= 0.3 is 0 Å². The molecule has 0 aliphatic heterocycles. The molecule has 0 radical (unpaired) electrons. The Morgan fingerprint density at radius 2 is 2.32 bits per heavy atom. The molecule has 0 atom stereocenters. The molecule has 5 heteroatoms. The Hall–Kier alpha value is -1.62. The number of aryl methyl sites for hydroxylation is 2. The van der Waals surface area contributed by atoms with E-state index in [1.54, 1.807) is 6.92 Å². The van der Waals surface area contributed by atoms with Crippen LogP contribution in [0, 0.1) is 6.92 Å². The molecule has 4 nitrogen and oxygen atoms in total. The van der Waals surface area contributed by atoms with Crippen LogP contribution < -0.4 is 5.32 Å². The summed E-state index contributed by atoms with van der Waals surface area (Å²) in [6, 6.07) is 7.87. The summed E-state index contributed by atoms with van der Waals surface area (Å²) in [5.74, 6) is 0.323. The summed E-state index contributed by atoms with van der Waals surface area (Å²) in [5.41, 5.74) is 2.46. The molecular weight excluding hydrogens is 308 g/mol. The number of amides is 1. The number of alkyl halides is 1. The number of hydrogen-bond donors (Lipinski definition) is 1. The third kappa shape index (κ3) is 3.67. The second-order valence-electron chi connectivity index (χ2n) is 4.24. The first-order valence-electron chi connectivity index (χ1n) is 6.08. The van der Waals surface area contributed by atoms with Crippen LogP contribution in [-0.4, -0.2) is 16.4 Å². The molecule has 2 rings (SSSR count). The van der Waals surface area contributed by atoms with Gasteiger partial charge < -0.3 is 9.84 Å². The molecule has 19 heavy (non-hydrogen) atoms. The Bertz CT molecular complexity index is 566. The zero-order chi connectivity index (χ0) is 13.7. The molecular formula is C14H15BrN2O2. The van der Waals surface area contributed by atoms with E-state index in [2.05, 4.69) is 32.5 Å². The second kappa shape index (κ2) is 6.52. The molecule has 0 fully saturated rings. The first-order valence-corrected chi connectivity index (χ1v) is 7.20. The molecule has 0 unspecified atom stereocenters. The zero-order valence-corrected chi connectivity index (χ0v) is 12.2. The fraction of sp³-hybridized carbons (Fsp3) is 0.286. The number of carbonyl (C=O) groups is 1. The van der Waals surface area contributed by atoms with Crippen LogP contribution in [0.4, 0.5) is 5.69 Å². The summed E-state index contributed by atoms with van der Waals surface area (Å²) in [6.07, 6.45) is 3.49. The minimum atomic E-state index is -0.198. The number of anilines is 1. The van der Waals surface area contributed by atoms with Gasteiger partial charge in [-0.1, -0.05) is 33.2 Å². The minimum absolute atomic E-state index is 0.198. The largest absolute Gasteiger partial charge is 0.361 e. The van der Waals surface area contributed by atoms with E-state index in [0.717, 1.165) is 23.9 Å². The molecule has 0 saturated carbocycles. The van der Waals surface area contributed by atoms with Gasteiger partial charge in [0.1, 0.15) is 11.3 Å². The molecule has 100 valence electrons. The molecule has 1 aromatic carbocycles. The summed E-state index contributed by atoms with van der Waals surface area (Å²) >= 11 is 3.41. The smallest absolute Gasteiger partial charge is 0.260 e. The Kier molecular flexibility index (Phi) is 4.74. The van der Waals surface area contributed by atoms with Gasteiger partial charge in [-0.25, -0.2) is 0 Å². The summed E-state index contributed by atoms with van der Waals surface area (Å²) in [7, 11) is 0. The monoisotopic (exact) mass is 322 g/mol. The molecule has 1 amide bonds. The molecule has 0 aliphatic rings. The van der Waals surface area contributed by atoms with Crippen LogP contribution in [0.25, 0.3) is 0 Å². The quantitative estimate of drug-likeness (QED) is 0.856. The number of rotatable bonds is 5. The predicted octanol–water partition coefficient (Wildman–Crippen LogP) is 3.56. The average molecular weight is 323 g/mol. The van der Waals surface area contributed by atoms with Gasteiger partial charge in [0.05, 0.1) is 6.20 Å². The van der Waals surface area contributed by atoms with Crippen molar-refractivity contribution in [1.82, 2.24) is 5.16 Å². The van der Waals surface area contributed by atoms with Gasteiger partial charge in [0.2, 0.25) is 0 Å². The van der Waals surface area contributed by atoms with E-state index < -0.39 is 0 Å². The predicted molar refractivity (Wildman–Crippen MR) is 77.8 cm³/mol. The average Bonchev–Trinajstić information content (AvgIpc) is 2.83. The Morgan fingerprint density at radius 1 is 1.47 bits per heavy atom. The third-order valence-corrected chi connectivity index (χ3v) is 3.34. The molecule has 1 N–H and O–H groups in total. The lowest BCUT2D eigenvalue weighted by Crippen LogP contribution is -2.12. The van der Waals surface area contributed by atoms with Crippen molar-refractivity contribution in [1.29, 1.82) is 0 Å². The highest BCUT2D eigenvalue weighted by atomic mass is 79.9. The highest BCUT2D eigenvalue weighted by Crippen LogP contribution is 2.15. The van der Waals surface area contributed by atoms with E-state index in [9.17, 15) is 4.79 Å². The number of hydrogen-bond acceptors (Lipinski definition) is 3. The van der Waals surface area contributed by atoms with Gasteiger partial charge in [0.15, 0.2) is 0 Å². The van der Waals surface area contributed by atoms with Crippen molar-refractivity contribution in [2.45, 2.75) is 19.8 Å². The molecule has 1 aromatic heterocycles. The number of aromatic nitrogens is 1. The lowest BCUT2D eigenvalue weighted by Gasteiger charge is -2.06. The number of nitrogens with one attached hydrogen (secondary N) is 1. The summed E-state index contributed by atoms with van der Waals surface area (Å²) in [4.78, 5) is 12.0. The molecule has 0 saturated heterocycles.